The van der Waals surface area contributed by atoms with Crippen molar-refractivity contribution in [3.63, 3.8) is 0 Å². The van der Waals surface area contributed by atoms with E-state index >= 15 is 0 Å². The molecular formula is C8H12O3. The Morgan fingerprint density at radius 1 is 1.45 bits per heavy atom. The quantitative estimate of drug-likeness (QED) is 0.621. The fourth-order valence-electron chi connectivity index (χ4n) is 0.499. The van der Waals surface area contributed by atoms with E-state index < -0.39 is 5.43 Å². The van der Waals surface area contributed by atoms with Crippen molar-refractivity contribution >= 4 is 0 Å². The van der Waals surface area contributed by atoms with Crippen LogP contribution in [-0.4, -0.2) is 5.11 Å². The van der Waals surface area contributed by atoms with Gasteiger partial charge in [0.2, 0.25) is 5.43 Å². The van der Waals surface area contributed by atoms with Crippen LogP contribution in [0.15, 0.2) is 21.5 Å². The minimum Gasteiger partial charge on any atom is -0.502 e. The number of aryl methyl sites for hydroxylation is 1. The average molecular weight is 156 g/mol. The molecule has 0 aliphatic heterocycles. The molecule has 1 N–H and O–H groups in total. The maximum atomic E-state index is 10.5. The van der Waals surface area contributed by atoms with Gasteiger partial charge >= 0.3 is 0 Å². The predicted octanol–water partition coefficient (Wildman–Crippen LogP) is 1.68. The molecule has 1 heterocycles. The van der Waals surface area contributed by atoms with E-state index in [0.29, 0.717) is 5.76 Å². The minimum atomic E-state index is -0.404. The molecule has 0 amide bonds. The van der Waals surface area contributed by atoms with Gasteiger partial charge in [0.1, 0.15) is 12.0 Å². The third-order valence-corrected chi connectivity index (χ3v) is 0.943. The molecule has 0 saturated heterocycles. The van der Waals surface area contributed by atoms with Crippen molar-refractivity contribution in [1.29, 1.82) is 0 Å². The van der Waals surface area contributed by atoms with Crippen molar-refractivity contribution in [3.8, 4) is 5.75 Å². The fourth-order valence-corrected chi connectivity index (χ4v) is 0.499. The second-order valence-corrected chi connectivity index (χ2v) is 1.74. The summed E-state index contributed by atoms with van der Waals surface area (Å²) in [4.78, 5) is 10.5. The van der Waals surface area contributed by atoms with Gasteiger partial charge in [-0.3, -0.25) is 4.79 Å². The third-order valence-electron chi connectivity index (χ3n) is 0.943. The lowest BCUT2D eigenvalue weighted by Crippen LogP contribution is -1.96. The lowest BCUT2D eigenvalue weighted by molar-refractivity contribution is 0.420. The van der Waals surface area contributed by atoms with E-state index in [1.165, 1.54) is 6.07 Å². The highest BCUT2D eigenvalue weighted by Crippen LogP contribution is 2.00. The zero-order chi connectivity index (χ0) is 8.85. The summed E-state index contributed by atoms with van der Waals surface area (Å²) in [5.74, 6) is 0.151. The van der Waals surface area contributed by atoms with Crippen LogP contribution in [0.4, 0.5) is 0 Å². The highest BCUT2D eigenvalue weighted by molar-refractivity contribution is 5.14. The molecule has 1 rings (SSSR count). The zero-order valence-electron chi connectivity index (χ0n) is 6.92. The summed E-state index contributed by atoms with van der Waals surface area (Å²) in [5, 5.41) is 8.64. The average Bonchev–Trinajstić information content (AvgIpc) is 2.02. The van der Waals surface area contributed by atoms with Crippen LogP contribution in [-0.2, 0) is 0 Å². The van der Waals surface area contributed by atoms with Crippen LogP contribution < -0.4 is 5.43 Å². The Balaban J connectivity index is 0.000000461. The van der Waals surface area contributed by atoms with E-state index in [0.717, 1.165) is 6.26 Å². The molecule has 0 aliphatic rings. The van der Waals surface area contributed by atoms with Gasteiger partial charge in [-0.1, -0.05) is 13.8 Å². The van der Waals surface area contributed by atoms with Gasteiger partial charge in [0.15, 0.2) is 5.75 Å². The summed E-state index contributed by atoms with van der Waals surface area (Å²) in [7, 11) is 0. The first kappa shape index (κ1) is 9.75. The van der Waals surface area contributed by atoms with Gasteiger partial charge in [-0.25, -0.2) is 0 Å². The Labute approximate surface area is 65.3 Å². The largest absolute Gasteiger partial charge is 0.502 e. The Hall–Kier alpha value is -1.25. The summed E-state index contributed by atoms with van der Waals surface area (Å²) in [6.07, 6.45) is 1.03. The molecule has 11 heavy (non-hydrogen) atoms. The van der Waals surface area contributed by atoms with Gasteiger partial charge in [0.25, 0.3) is 0 Å². The second-order valence-electron chi connectivity index (χ2n) is 1.74. The summed E-state index contributed by atoms with van der Waals surface area (Å²) >= 11 is 0. The fraction of sp³-hybridized carbons (Fsp3) is 0.375. The highest BCUT2D eigenvalue weighted by atomic mass is 16.3. The normalized spacial score (nSPS) is 8.27. The molecule has 0 radical (unpaired) electrons. The van der Waals surface area contributed by atoms with E-state index in [1.54, 1.807) is 6.92 Å². The van der Waals surface area contributed by atoms with Crippen LogP contribution in [0.5, 0.6) is 5.75 Å². The molecule has 0 spiro atoms. The molecule has 3 nitrogen and oxygen atoms in total. The van der Waals surface area contributed by atoms with Gasteiger partial charge in [-0.2, -0.15) is 0 Å². The number of aromatic hydroxyl groups is 1. The lowest BCUT2D eigenvalue weighted by atomic mass is 10.4. The first-order chi connectivity index (χ1) is 5.20. The Kier molecular flexibility index (Phi) is 4.03. The monoisotopic (exact) mass is 156 g/mol. The first-order valence-electron chi connectivity index (χ1n) is 3.48. The second kappa shape index (κ2) is 4.55. The molecule has 1 aromatic rings. The van der Waals surface area contributed by atoms with E-state index in [-0.39, 0.29) is 5.75 Å². The number of hydrogen-bond donors (Lipinski definition) is 1. The minimum absolute atomic E-state index is 0.347. The molecule has 0 fully saturated rings. The van der Waals surface area contributed by atoms with Crippen molar-refractivity contribution in [2.75, 3.05) is 0 Å². The molecule has 3 heteroatoms. The zero-order valence-corrected chi connectivity index (χ0v) is 6.92. The summed E-state index contributed by atoms with van der Waals surface area (Å²) in [5.41, 5.74) is -0.404. The van der Waals surface area contributed by atoms with Crippen molar-refractivity contribution in [1.82, 2.24) is 0 Å². The maximum Gasteiger partial charge on any atom is 0.226 e. The predicted molar refractivity (Wildman–Crippen MR) is 42.7 cm³/mol. The maximum absolute atomic E-state index is 10.5. The SMILES string of the molecule is CC.Cc1cc(=O)c(O)co1. The molecule has 0 saturated carbocycles. The van der Waals surface area contributed by atoms with Crippen LogP contribution in [0.2, 0.25) is 0 Å². The summed E-state index contributed by atoms with van der Waals surface area (Å²) in [6.45, 7) is 5.64. The third kappa shape index (κ3) is 2.89. The van der Waals surface area contributed by atoms with Crippen molar-refractivity contribution in [2.24, 2.45) is 0 Å². The van der Waals surface area contributed by atoms with E-state index in [4.69, 9.17) is 5.11 Å². The number of rotatable bonds is 0. The Bertz CT molecular complexity index is 262. The van der Waals surface area contributed by atoms with Gasteiger partial charge < -0.3 is 9.52 Å². The molecule has 1 aromatic heterocycles. The smallest absolute Gasteiger partial charge is 0.226 e. The van der Waals surface area contributed by atoms with Crippen molar-refractivity contribution < 1.29 is 9.52 Å². The standard InChI is InChI=1S/C6H6O3.C2H6/c1-4-2-5(7)6(8)3-9-4;1-2/h2-3,8H,1H3;1-2H3. The Morgan fingerprint density at radius 3 is 2.36 bits per heavy atom. The molecule has 0 aromatic carbocycles. The van der Waals surface area contributed by atoms with E-state index in [2.05, 4.69) is 4.42 Å². The van der Waals surface area contributed by atoms with Gasteiger partial charge in [-0.05, 0) is 6.92 Å². The number of hydrogen-bond acceptors (Lipinski definition) is 3. The highest BCUT2D eigenvalue weighted by Gasteiger charge is 1.94. The van der Waals surface area contributed by atoms with Crippen LogP contribution in [0, 0.1) is 6.92 Å². The summed E-state index contributed by atoms with van der Waals surface area (Å²) in [6, 6.07) is 1.23. The molecule has 0 aliphatic carbocycles. The van der Waals surface area contributed by atoms with Gasteiger partial charge in [0, 0.05) is 6.07 Å². The molecule has 0 atom stereocenters. The van der Waals surface area contributed by atoms with Crippen molar-refractivity contribution in [3.05, 3.63) is 28.3 Å². The van der Waals surface area contributed by atoms with Crippen molar-refractivity contribution in [2.45, 2.75) is 20.8 Å². The topological polar surface area (TPSA) is 50.4 Å². The van der Waals surface area contributed by atoms with Crippen LogP contribution in [0.3, 0.4) is 0 Å². The van der Waals surface area contributed by atoms with E-state index in [1.807, 2.05) is 13.8 Å². The Morgan fingerprint density at radius 2 is 2.00 bits per heavy atom. The van der Waals surface area contributed by atoms with Crippen LogP contribution in [0.1, 0.15) is 19.6 Å². The van der Waals surface area contributed by atoms with Crippen LogP contribution >= 0.6 is 0 Å². The molecule has 62 valence electrons. The molecule has 0 bridgehead atoms. The molecular weight excluding hydrogens is 144 g/mol. The lowest BCUT2D eigenvalue weighted by Gasteiger charge is -1.88. The molecule has 0 unspecified atom stereocenters. The van der Waals surface area contributed by atoms with Gasteiger partial charge in [-0.15, -0.1) is 0 Å². The first-order valence-corrected chi connectivity index (χ1v) is 3.48. The van der Waals surface area contributed by atoms with Gasteiger partial charge in [0.05, 0.1) is 0 Å². The van der Waals surface area contributed by atoms with E-state index in [9.17, 15) is 4.79 Å². The summed E-state index contributed by atoms with van der Waals surface area (Å²) < 4.78 is 4.69. The van der Waals surface area contributed by atoms with Crippen LogP contribution in [0.25, 0.3) is 0 Å².